The summed E-state index contributed by atoms with van der Waals surface area (Å²) in [4.78, 5) is 10.5. The lowest BCUT2D eigenvalue weighted by molar-refractivity contribution is 0.142. The molecule has 2 heterocycles. The van der Waals surface area contributed by atoms with Crippen LogP contribution >= 0.6 is 0 Å². The highest BCUT2D eigenvalue weighted by Crippen LogP contribution is 2.20. The van der Waals surface area contributed by atoms with Gasteiger partial charge < -0.3 is 5.11 Å². The summed E-state index contributed by atoms with van der Waals surface area (Å²) in [6, 6.07) is 0. The number of aliphatic hydroxyl groups is 1. The maximum Gasteiger partial charge on any atom is 0.115 e. The molecule has 1 saturated heterocycles. The molecule has 0 spiro atoms. The van der Waals surface area contributed by atoms with E-state index in [4.69, 9.17) is 5.11 Å². The van der Waals surface area contributed by atoms with E-state index in [1.54, 1.807) is 6.33 Å². The van der Waals surface area contributed by atoms with E-state index in [-0.39, 0.29) is 0 Å². The lowest BCUT2D eigenvalue weighted by Gasteiger charge is -2.32. The van der Waals surface area contributed by atoms with Crippen LogP contribution in [0, 0.1) is 5.92 Å². The lowest BCUT2D eigenvalue weighted by atomic mass is 9.95. The van der Waals surface area contributed by atoms with Gasteiger partial charge in [0.05, 0.1) is 0 Å². The van der Waals surface area contributed by atoms with Crippen LogP contribution < -0.4 is 0 Å². The molecule has 2 rings (SSSR count). The van der Waals surface area contributed by atoms with E-state index < -0.39 is 0 Å². The molecule has 1 atom stereocenters. The Bertz CT molecular complexity index is 302. The van der Waals surface area contributed by atoms with E-state index in [0.717, 1.165) is 26.1 Å². The van der Waals surface area contributed by atoms with Gasteiger partial charge >= 0.3 is 0 Å². The van der Waals surface area contributed by atoms with Crippen LogP contribution in [0.25, 0.3) is 0 Å². The van der Waals surface area contributed by atoms with Gasteiger partial charge in [-0.3, -0.25) is 4.90 Å². The molecule has 0 amide bonds. The fourth-order valence-electron chi connectivity index (χ4n) is 2.38. The third-order valence-electron chi connectivity index (χ3n) is 3.16. The van der Waals surface area contributed by atoms with E-state index in [9.17, 15) is 0 Å². The van der Waals surface area contributed by atoms with Crippen molar-refractivity contribution in [1.29, 1.82) is 0 Å². The van der Waals surface area contributed by atoms with E-state index >= 15 is 0 Å². The Morgan fingerprint density at radius 2 is 2.19 bits per heavy atom. The van der Waals surface area contributed by atoms with Crippen LogP contribution in [0.2, 0.25) is 0 Å². The minimum absolute atomic E-state index is 0.312. The predicted octanol–water partition coefficient (Wildman–Crippen LogP) is 1.07. The molecule has 16 heavy (non-hydrogen) atoms. The van der Waals surface area contributed by atoms with E-state index in [0.29, 0.717) is 12.5 Å². The molecule has 0 saturated carbocycles. The molecule has 0 bridgehead atoms. The van der Waals surface area contributed by atoms with Crippen LogP contribution in [0.4, 0.5) is 0 Å². The largest absolute Gasteiger partial charge is 0.396 e. The van der Waals surface area contributed by atoms with Gasteiger partial charge in [0.1, 0.15) is 6.33 Å². The van der Waals surface area contributed by atoms with Crippen molar-refractivity contribution in [3.8, 4) is 0 Å². The minimum Gasteiger partial charge on any atom is -0.396 e. The molecular weight excluding hydrogens is 202 g/mol. The minimum atomic E-state index is 0.312. The zero-order valence-corrected chi connectivity index (χ0v) is 9.55. The highest BCUT2D eigenvalue weighted by molar-refractivity contribution is 5.02. The topological polar surface area (TPSA) is 49.2 Å². The van der Waals surface area contributed by atoms with E-state index in [2.05, 4.69) is 14.9 Å². The van der Waals surface area contributed by atoms with Gasteiger partial charge in [0.2, 0.25) is 0 Å². The maximum absolute atomic E-state index is 8.96. The zero-order chi connectivity index (χ0) is 11.2. The summed E-state index contributed by atoms with van der Waals surface area (Å²) in [5.41, 5.74) is 1.17. The molecular formula is C12H19N3O. The third kappa shape index (κ3) is 3.25. The summed E-state index contributed by atoms with van der Waals surface area (Å²) in [7, 11) is 0. The average Bonchev–Trinajstić information content (AvgIpc) is 2.31. The first-order chi connectivity index (χ1) is 7.88. The summed E-state index contributed by atoms with van der Waals surface area (Å²) < 4.78 is 0. The summed E-state index contributed by atoms with van der Waals surface area (Å²) in [6.45, 7) is 3.49. The second-order valence-corrected chi connectivity index (χ2v) is 4.50. The van der Waals surface area contributed by atoms with Gasteiger partial charge in [-0.15, -0.1) is 0 Å². The summed E-state index contributed by atoms with van der Waals surface area (Å²) in [5, 5.41) is 8.96. The highest BCUT2D eigenvalue weighted by atomic mass is 16.3. The Labute approximate surface area is 96.3 Å². The van der Waals surface area contributed by atoms with Gasteiger partial charge in [-0.1, -0.05) is 0 Å². The van der Waals surface area contributed by atoms with Crippen molar-refractivity contribution in [2.75, 3.05) is 19.7 Å². The van der Waals surface area contributed by atoms with Crippen LogP contribution in [-0.4, -0.2) is 39.7 Å². The Morgan fingerprint density at radius 3 is 2.94 bits per heavy atom. The van der Waals surface area contributed by atoms with Gasteiger partial charge in [0, 0.05) is 37.7 Å². The highest BCUT2D eigenvalue weighted by Gasteiger charge is 2.19. The first kappa shape index (κ1) is 11.5. The molecule has 1 unspecified atom stereocenters. The first-order valence-electron chi connectivity index (χ1n) is 5.95. The average molecular weight is 221 g/mol. The van der Waals surface area contributed by atoms with Crippen LogP contribution in [0.3, 0.4) is 0 Å². The molecule has 1 fully saturated rings. The van der Waals surface area contributed by atoms with Gasteiger partial charge in [-0.2, -0.15) is 0 Å². The quantitative estimate of drug-likeness (QED) is 0.826. The van der Waals surface area contributed by atoms with Crippen LogP contribution in [0.5, 0.6) is 0 Å². The molecule has 1 aliphatic rings. The monoisotopic (exact) mass is 221 g/mol. The SMILES string of the molecule is OCCC1CCCN(Cc2cncnc2)C1. The van der Waals surface area contributed by atoms with Crippen molar-refractivity contribution >= 4 is 0 Å². The lowest BCUT2D eigenvalue weighted by Crippen LogP contribution is -2.35. The zero-order valence-electron chi connectivity index (χ0n) is 9.55. The number of aromatic nitrogens is 2. The number of rotatable bonds is 4. The third-order valence-corrected chi connectivity index (χ3v) is 3.16. The normalized spacial score (nSPS) is 22.2. The van der Waals surface area contributed by atoms with Crippen molar-refractivity contribution < 1.29 is 5.11 Å². The summed E-state index contributed by atoms with van der Waals surface area (Å²) in [5.74, 6) is 0.656. The molecule has 4 nitrogen and oxygen atoms in total. The number of aliphatic hydroxyl groups excluding tert-OH is 1. The first-order valence-corrected chi connectivity index (χ1v) is 5.95. The van der Waals surface area contributed by atoms with Crippen molar-refractivity contribution in [3.05, 3.63) is 24.3 Å². The molecule has 0 aliphatic carbocycles. The Hall–Kier alpha value is -1.00. The van der Waals surface area contributed by atoms with Crippen LogP contribution in [0.15, 0.2) is 18.7 Å². The maximum atomic E-state index is 8.96. The Morgan fingerprint density at radius 1 is 1.38 bits per heavy atom. The van der Waals surface area contributed by atoms with E-state index in [1.165, 1.54) is 18.4 Å². The molecule has 0 aromatic carbocycles. The van der Waals surface area contributed by atoms with Crippen molar-refractivity contribution in [1.82, 2.24) is 14.9 Å². The fraction of sp³-hybridized carbons (Fsp3) is 0.667. The van der Waals surface area contributed by atoms with Gasteiger partial charge in [-0.05, 0) is 31.7 Å². The standard InChI is InChI=1S/C12H19N3O/c16-5-3-11-2-1-4-15(8-11)9-12-6-13-10-14-7-12/h6-7,10-11,16H,1-5,8-9H2. The van der Waals surface area contributed by atoms with Crippen molar-refractivity contribution in [2.45, 2.75) is 25.8 Å². The van der Waals surface area contributed by atoms with Crippen molar-refractivity contribution in [2.24, 2.45) is 5.92 Å². The molecule has 1 aliphatic heterocycles. The smallest absolute Gasteiger partial charge is 0.115 e. The van der Waals surface area contributed by atoms with Gasteiger partial charge in [0.15, 0.2) is 0 Å². The molecule has 1 aromatic rings. The Balaban J connectivity index is 1.85. The van der Waals surface area contributed by atoms with Gasteiger partial charge in [0.25, 0.3) is 0 Å². The van der Waals surface area contributed by atoms with Crippen LogP contribution in [0.1, 0.15) is 24.8 Å². The molecule has 4 heteroatoms. The Kier molecular flexibility index (Phi) is 4.25. The van der Waals surface area contributed by atoms with Gasteiger partial charge in [-0.25, -0.2) is 9.97 Å². The molecule has 1 aromatic heterocycles. The summed E-state index contributed by atoms with van der Waals surface area (Å²) in [6.07, 6.45) is 8.74. The molecule has 0 radical (unpaired) electrons. The molecule has 88 valence electrons. The van der Waals surface area contributed by atoms with Crippen molar-refractivity contribution in [3.63, 3.8) is 0 Å². The second-order valence-electron chi connectivity index (χ2n) is 4.50. The number of piperidine rings is 1. The number of nitrogens with zero attached hydrogens (tertiary/aromatic N) is 3. The molecule has 1 N–H and O–H groups in total. The second kappa shape index (κ2) is 5.92. The van der Waals surface area contributed by atoms with Crippen LogP contribution in [-0.2, 0) is 6.54 Å². The number of likely N-dealkylation sites (tertiary alicyclic amines) is 1. The predicted molar refractivity (Wildman–Crippen MR) is 61.7 cm³/mol. The van der Waals surface area contributed by atoms with E-state index in [1.807, 2.05) is 12.4 Å². The number of hydrogen-bond donors (Lipinski definition) is 1. The fourth-order valence-corrected chi connectivity index (χ4v) is 2.38. The number of hydrogen-bond acceptors (Lipinski definition) is 4. The summed E-state index contributed by atoms with van der Waals surface area (Å²) >= 11 is 0.